The van der Waals surface area contributed by atoms with Crippen molar-refractivity contribution in [3.8, 4) is 0 Å². The molecular weight excluding hydrogens is 210 g/mol. The molecule has 0 amide bonds. The molecule has 0 radical (unpaired) electrons. The van der Waals surface area contributed by atoms with E-state index in [1.807, 2.05) is 0 Å². The zero-order valence-corrected chi connectivity index (χ0v) is 8.82. The predicted molar refractivity (Wildman–Crippen MR) is 51.4 cm³/mol. The van der Waals surface area contributed by atoms with Crippen LogP contribution in [0, 0.1) is 5.41 Å². The van der Waals surface area contributed by atoms with Crippen LogP contribution in [0.15, 0.2) is 0 Å². The minimum Gasteiger partial charge on any atom is -0.392 e. The molecule has 0 aromatic heterocycles. The number of fused-ring (bicyclic) bond motifs is 4. The molecule has 4 rings (SSSR count). The molecule has 4 saturated heterocycles. The highest BCUT2D eigenvalue weighted by Crippen LogP contribution is 2.60. The minimum absolute atomic E-state index is 0.136. The molecule has 4 unspecified atom stereocenters. The average molecular weight is 223 g/mol. The Labute approximate surface area is 92.5 Å². The molecule has 16 heavy (non-hydrogen) atoms. The van der Waals surface area contributed by atoms with Gasteiger partial charge in [0.05, 0.1) is 18.6 Å². The third-order valence-electron chi connectivity index (χ3n) is 4.84. The molecule has 4 atom stereocenters. The van der Waals surface area contributed by atoms with E-state index in [1.54, 1.807) is 0 Å². The molecule has 4 aliphatic heterocycles. The fourth-order valence-electron chi connectivity index (χ4n) is 3.99. The van der Waals surface area contributed by atoms with Crippen LogP contribution < -0.4 is 5.32 Å². The van der Waals surface area contributed by atoms with Crippen molar-refractivity contribution >= 4 is 11.9 Å². The third-order valence-corrected chi connectivity index (χ3v) is 4.84. The third kappa shape index (κ3) is 0.758. The maximum absolute atomic E-state index is 11.9. The molecule has 0 aromatic carbocycles. The van der Waals surface area contributed by atoms with E-state index in [2.05, 4.69) is 5.32 Å². The summed E-state index contributed by atoms with van der Waals surface area (Å²) in [5.74, 6) is -0.792. The number of ether oxygens (including phenoxy) is 2. The van der Waals surface area contributed by atoms with E-state index in [1.165, 1.54) is 0 Å². The van der Waals surface area contributed by atoms with Gasteiger partial charge in [0.15, 0.2) is 0 Å². The minimum atomic E-state index is -0.760. The summed E-state index contributed by atoms with van der Waals surface area (Å²) in [4.78, 5) is 23.1. The summed E-state index contributed by atoms with van der Waals surface area (Å²) in [5.41, 5.74) is -0.927. The van der Waals surface area contributed by atoms with Crippen molar-refractivity contribution in [2.45, 2.75) is 43.4 Å². The van der Waals surface area contributed by atoms with Gasteiger partial charge in [0, 0.05) is 12.0 Å². The fraction of sp³-hybridized carbons (Fsp3) is 0.818. The van der Waals surface area contributed by atoms with Gasteiger partial charge in [-0.15, -0.1) is 0 Å². The highest BCUT2D eigenvalue weighted by atomic mass is 16.6. The lowest BCUT2D eigenvalue weighted by atomic mass is 9.55. The fourth-order valence-corrected chi connectivity index (χ4v) is 3.99. The van der Waals surface area contributed by atoms with Crippen molar-refractivity contribution in [1.82, 2.24) is 5.32 Å². The lowest BCUT2D eigenvalue weighted by Gasteiger charge is -2.56. The summed E-state index contributed by atoms with van der Waals surface area (Å²) in [5, 5.41) is 3.14. The molecule has 4 heterocycles. The molecule has 0 saturated carbocycles. The van der Waals surface area contributed by atoms with Gasteiger partial charge in [0.25, 0.3) is 0 Å². The first kappa shape index (κ1) is 9.13. The maximum atomic E-state index is 11.9. The lowest BCUT2D eigenvalue weighted by Crippen LogP contribution is -2.78. The van der Waals surface area contributed by atoms with Gasteiger partial charge in [-0.2, -0.15) is 0 Å². The van der Waals surface area contributed by atoms with E-state index in [-0.39, 0.29) is 30.0 Å². The Kier molecular flexibility index (Phi) is 1.42. The van der Waals surface area contributed by atoms with Crippen molar-refractivity contribution in [3.05, 3.63) is 0 Å². The molecule has 86 valence electrons. The maximum Gasteiger partial charge on any atom is 0.335 e. The number of nitrogens with one attached hydrogen (secondary N) is 1. The van der Waals surface area contributed by atoms with Crippen LogP contribution in [0.3, 0.4) is 0 Å². The number of carbonyl (C=O) groups is 2. The molecule has 2 spiro atoms. The van der Waals surface area contributed by atoms with E-state index in [9.17, 15) is 9.59 Å². The molecule has 5 heteroatoms. The smallest absolute Gasteiger partial charge is 0.335 e. The van der Waals surface area contributed by atoms with Crippen LogP contribution >= 0.6 is 0 Å². The molecule has 4 fully saturated rings. The normalized spacial score (nSPS) is 53.8. The van der Waals surface area contributed by atoms with Gasteiger partial charge in [-0.25, -0.2) is 4.79 Å². The Hall–Kier alpha value is -0.940. The lowest BCUT2D eigenvalue weighted by molar-refractivity contribution is -0.162. The van der Waals surface area contributed by atoms with Crippen molar-refractivity contribution < 1.29 is 19.1 Å². The van der Waals surface area contributed by atoms with Crippen molar-refractivity contribution in [1.29, 1.82) is 0 Å². The van der Waals surface area contributed by atoms with E-state index in [4.69, 9.17) is 9.47 Å². The second kappa shape index (κ2) is 2.49. The van der Waals surface area contributed by atoms with Gasteiger partial charge in [-0.3, -0.25) is 4.79 Å². The Morgan fingerprint density at radius 3 is 2.62 bits per heavy atom. The largest absolute Gasteiger partial charge is 0.392 e. The van der Waals surface area contributed by atoms with Crippen LogP contribution in [0.25, 0.3) is 0 Å². The van der Waals surface area contributed by atoms with Crippen molar-refractivity contribution in [3.63, 3.8) is 0 Å². The molecular formula is C11H13NO4. The van der Waals surface area contributed by atoms with Crippen LogP contribution in [0.4, 0.5) is 0 Å². The zero-order chi connectivity index (χ0) is 11.0. The van der Waals surface area contributed by atoms with Crippen molar-refractivity contribution in [2.24, 2.45) is 5.41 Å². The van der Waals surface area contributed by atoms with Gasteiger partial charge in [0.2, 0.25) is 0 Å². The van der Waals surface area contributed by atoms with Gasteiger partial charge in [0.1, 0.15) is 5.54 Å². The van der Waals surface area contributed by atoms with Gasteiger partial charge in [-0.05, 0) is 19.3 Å². The molecule has 5 nitrogen and oxygen atoms in total. The topological polar surface area (TPSA) is 64.6 Å². The zero-order valence-electron chi connectivity index (χ0n) is 8.82. The monoisotopic (exact) mass is 223 g/mol. The molecule has 2 bridgehead atoms. The Bertz CT molecular complexity index is 409. The summed E-state index contributed by atoms with van der Waals surface area (Å²) in [6.45, 7) is 0.774. The number of carbonyl (C=O) groups excluding carboxylic acids is 2. The summed E-state index contributed by atoms with van der Waals surface area (Å²) < 4.78 is 10.6. The first-order chi connectivity index (χ1) is 7.66. The number of hydrogen-bond acceptors (Lipinski definition) is 5. The number of cyclic esters (lactones) is 2. The average Bonchev–Trinajstić information content (AvgIpc) is 2.89. The first-order valence-electron chi connectivity index (χ1n) is 5.82. The number of hydrogen-bond donors (Lipinski definition) is 1. The molecule has 4 aliphatic rings. The van der Waals surface area contributed by atoms with E-state index < -0.39 is 11.5 Å². The second-order valence-electron chi connectivity index (χ2n) is 5.38. The Morgan fingerprint density at radius 1 is 1.31 bits per heavy atom. The number of esters is 2. The summed E-state index contributed by atoms with van der Waals surface area (Å²) in [7, 11) is 0. The van der Waals surface area contributed by atoms with Crippen LogP contribution in [-0.4, -0.2) is 36.2 Å². The highest BCUT2D eigenvalue weighted by Gasteiger charge is 2.75. The quantitative estimate of drug-likeness (QED) is 0.453. The van der Waals surface area contributed by atoms with Crippen LogP contribution in [-0.2, 0) is 19.1 Å². The summed E-state index contributed by atoms with van der Waals surface area (Å²) >= 11 is 0. The first-order valence-corrected chi connectivity index (χ1v) is 5.82. The van der Waals surface area contributed by atoms with Gasteiger partial charge >= 0.3 is 11.9 Å². The van der Waals surface area contributed by atoms with Crippen LogP contribution in [0.5, 0.6) is 0 Å². The molecule has 0 aliphatic carbocycles. The molecule has 1 N–H and O–H groups in total. The predicted octanol–water partition coefficient (Wildman–Crippen LogP) is -0.260. The SMILES string of the molecule is O=C1CC2(NCC23CC2CCC3O2)C(=O)O1. The van der Waals surface area contributed by atoms with Crippen LogP contribution in [0.1, 0.15) is 25.7 Å². The van der Waals surface area contributed by atoms with E-state index in [0.29, 0.717) is 0 Å². The summed E-state index contributed by atoms with van der Waals surface area (Å²) in [6.07, 6.45) is 3.59. The van der Waals surface area contributed by atoms with Crippen LogP contribution in [0.2, 0.25) is 0 Å². The standard InChI is InChI=1S/C11H13NO4/c13-8-4-11(9(14)16-8)10(5-12-11)3-6-1-2-7(10)15-6/h6-7,12H,1-5H2. The Balaban J connectivity index is 1.76. The van der Waals surface area contributed by atoms with E-state index in [0.717, 1.165) is 25.8 Å². The summed E-state index contributed by atoms with van der Waals surface area (Å²) in [6, 6.07) is 0. The highest BCUT2D eigenvalue weighted by molar-refractivity contribution is 6.02. The van der Waals surface area contributed by atoms with E-state index >= 15 is 0 Å². The number of rotatable bonds is 0. The van der Waals surface area contributed by atoms with Crippen molar-refractivity contribution in [2.75, 3.05) is 6.54 Å². The second-order valence-corrected chi connectivity index (χ2v) is 5.38. The Morgan fingerprint density at radius 2 is 2.19 bits per heavy atom. The van der Waals surface area contributed by atoms with Gasteiger partial charge in [-0.1, -0.05) is 0 Å². The molecule has 0 aromatic rings. The van der Waals surface area contributed by atoms with Gasteiger partial charge < -0.3 is 14.8 Å².